The van der Waals surface area contributed by atoms with Crippen molar-refractivity contribution in [1.82, 2.24) is 9.78 Å². The second kappa shape index (κ2) is 9.44. The van der Waals surface area contributed by atoms with Gasteiger partial charge in [0, 0.05) is 17.6 Å². The highest BCUT2D eigenvalue weighted by atomic mass is 19.3. The summed E-state index contributed by atoms with van der Waals surface area (Å²) in [6, 6.07) is 12.0. The molecule has 36 heavy (non-hydrogen) atoms. The highest BCUT2D eigenvalue weighted by Crippen LogP contribution is 2.42. The Morgan fingerprint density at radius 1 is 1.11 bits per heavy atom. The van der Waals surface area contributed by atoms with E-state index in [0.29, 0.717) is 10.6 Å². The van der Waals surface area contributed by atoms with Gasteiger partial charge < -0.3 is 20.4 Å². The van der Waals surface area contributed by atoms with Crippen LogP contribution in [-0.4, -0.2) is 48.0 Å². The number of benzene rings is 2. The van der Waals surface area contributed by atoms with Gasteiger partial charge in [0.1, 0.15) is 5.69 Å². The molecule has 188 valence electrons. The Hall–Kier alpha value is -4.22. The Balaban J connectivity index is 1.74. The lowest BCUT2D eigenvalue weighted by Crippen LogP contribution is -2.38. The van der Waals surface area contributed by atoms with Gasteiger partial charge in [-0.25, -0.2) is 9.07 Å². The number of para-hydroxylation sites is 1. The number of aromatic nitrogens is 2. The third-order valence-electron chi connectivity index (χ3n) is 5.52. The van der Waals surface area contributed by atoms with Crippen LogP contribution in [0.15, 0.2) is 65.6 Å². The molecule has 1 saturated heterocycles. The average molecular weight is 505 g/mol. The third kappa shape index (κ3) is 4.66. The summed E-state index contributed by atoms with van der Waals surface area (Å²) in [4.78, 5) is 13.6. The molecule has 7 nitrogen and oxygen atoms in total. The number of hydrogen-bond donors (Lipinski definition) is 2. The standard InChI is InChI=1S/C24H20F5N5O2/c1-36-20-12-34(32-21(22(20)35)18(9-10-30)31-15-5-3-2-4-6-15)19-8-7-16(11-17(19)25)33-13-23(26,27)24(28,29)14-33/h2-12,30-31H,13-14H2,1H3/b18-9-,30-10?. The molecule has 1 aliphatic heterocycles. The van der Waals surface area contributed by atoms with E-state index in [2.05, 4.69) is 10.4 Å². The monoisotopic (exact) mass is 505 g/mol. The number of methoxy groups -OCH3 is 1. The van der Waals surface area contributed by atoms with Crippen LogP contribution >= 0.6 is 0 Å². The molecule has 1 aliphatic rings. The molecule has 2 aromatic carbocycles. The highest BCUT2D eigenvalue weighted by molar-refractivity contribution is 5.87. The minimum atomic E-state index is -4.24. The largest absolute Gasteiger partial charge is 0.491 e. The lowest BCUT2D eigenvalue weighted by Gasteiger charge is -2.19. The lowest BCUT2D eigenvalue weighted by atomic mass is 10.2. The third-order valence-corrected chi connectivity index (χ3v) is 5.52. The van der Waals surface area contributed by atoms with Crippen molar-refractivity contribution in [3.63, 3.8) is 0 Å². The minimum absolute atomic E-state index is 0.132. The van der Waals surface area contributed by atoms with Crippen LogP contribution in [0.2, 0.25) is 0 Å². The van der Waals surface area contributed by atoms with Gasteiger partial charge in [-0.1, -0.05) is 18.2 Å². The molecule has 0 amide bonds. The van der Waals surface area contributed by atoms with Gasteiger partial charge in [-0.15, -0.1) is 0 Å². The SMILES string of the molecule is COc1cn(-c2ccc(N3CC(F)(F)C(F)(F)C3)cc2F)nc(/C(=C/C=N)Nc2ccccc2)c1=O. The first kappa shape index (κ1) is 24.9. The summed E-state index contributed by atoms with van der Waals surface area (Å²) in [5, 5.41) is 14.6. The van der Waals surface area contributed by atoms with Gasteiger partial charge in [0.05, 0.1) is 32.1 Å². The number of ether oxygens (including phenoxy) is 1. The fourth-order valence-corrected chi connectivity index (χ4v) is 3.68. The summed E-state index contributed by atoms with van der Waals surface area (Å²) >= 11 is 0. The molecule has 2 N–H and O–H groups in total. The summed E-state index contributed by atoms with van der Waals surface area (Å²) in [7, 11) is 1.24. The van der Waals surface area contributed by atoms with Crippen molar-refractivity contribution >= 4 is 23.3 Å². The van der Waals surface area contributed by atoms with E-state index < -0.39 is 36.2 Å². The summed E-state index contributed by atoms with van der Waals surface area (Å²) in [5.74, 6) is -9.63. The van der Waals surface area contributed by atoms with E-state index in [9.17, 15) is 22.4 Å². The summed E-state index contributed by atoms with van der Waals surface area (Å²) in [6.45, 7) is -2.51. The Bertz CT molecular complexity index is 1360. The van der Waals surface area contributed by atoms with E-state index in [4.69, 9.17) is 10.1 Å². The molecular formula is C24H20F5N5O2. The van der Waals surface area contributed by atoms with E-state index >= 15 is 4.39 Å². The molecule has 1 fully saturated rings. The lowest BCUT2D eigenvalue weighted by molar-refractivity contribution is -0.172. The number of halogens is 5. The predicted octanol–water partition coefficient (Wildman–Crippen LogP) is 4.57. The molecule has 0 bridgehead atoms. The van der Waals surface area contributed by atoms with E-state index in [1.165, 1.54) is 25.3 Å². The van der Waals surface area contributed by atoms with Gasteiger partial charge in [0.25, 0.3) is 5.43 Å². The smallest absolute Gasteiger partial charge is 0.329 e. The molecule has 1 aromatic heterocycles. The van der Waals surface area contributed by atoms with Crippen LogP contribution in [0.1, 0.15) is 5.69 Å². The topological polar surface area (TPSA) is 83.2 Å². The molecule has 3 aromatic rings. The van der Waals surface area contributed by atoms with Crippen molar-refractivity contribution in [2.75, 3.05) is 30.4 Å². The molecule has 2 heterocycles. The summed E-state index contributed by atoms with van der Waals surface area (Å²) in [6.07, 6.45) is 3.35. The fraction of sp³-hybridized carbons (Fsp3) is 0.208. The van der Waals surface area contributed by atoms with Gasteiger partial charge in [-0.05, 0) is 36.4 Å². The number of allylic oxidation sites excluding steroid dienone is 1. The highest BCUT2D eigenvalue weighted by Gasteiger charge is 2.63. The van der Waals surface area contributed by atoms with E-state index in [0.717, 1.165) is 23.2 Å². The van der Waals surface area contributed by atoms with Crippen LogP contribution in [0.3, 0.4) is 0 Å². The predicted molar refractivity (Wildman–Crippen MR) is 125 cm³/mol. The quantitative estimate of drug-likeness (QED) is 0.363. The number of anilines is 2. The number of rotatable bonds is 7. The van der Waals surface area contributed by atoms with Crippen LogP contribution in [0, 0.1) is 11.2 Å². The van der Waals surface area contributed by atoms with Gasteiger partial charge in [0.2, 0.25) is 0 Å². The fourth-order valence-electron chi connectivity index (χ4n) is 3.68. The number of nitrogens with one attached hydrogen (secondary N) is 2. The first-order chi connectivity index (χ1) is 17.1. The molecule has 0 unspecified atom stereocenters. The van der Waals surface area contributed by atoms with Gasteiger partial charge in [-0.2, -0.15) is 22.7 Å². The van der Waals surface area contributed by atoms with Crippen molar-refractivity contribution < 1.29 is 26.7 Å². The summed E-state index contributed by atoms with van der Waals surface area (Å²) < 4.78 is 75.6. The molecule has 0 radical (unpaired) electrons. The van der Waals surface area contributed by atoms with E-state index in [1.54, 1.807) is 30.3 Å². The van der Waals surface area contributed by atoms with Crippen LogP contribution in [0.25, 0.3) is 11.4 Å². The maximum Gasteiger partial charge on any atom is 0.329 e. The minimum Gasteiger partial charge on any atom is -0.491 e. The van der Waals surface area contributed by atoms with Gasteiger partial charge in [-0.3, -0.25) is 4.79 Å². The van der Waals surface area contributed by atoms with E-state index in [-0.39, 0.29) is 28.5 Å². The van der Waals surface area contributed by atoms with Crippen LogP contribution in [-0.2, 0) is 0 Å². The number of alkyl halides is 4. The zero-order chi connectivity index (χ0) is 26.1. The molecule has 0 saturated carbocycles. The van der Waals surface area contributed by atoms with Crippen molar-refractivity contribution in [3.05, 3.63) is 82.5 Å². The van der Waals surface area contributed by atoms with Gasteiger partial charge >= 0.3 is 11.8 Å². The van der Waals surface area contributed by atoms with Crippen molar-refractivity contribution in [1.29, 1.82) is 5.41 Å². The van der Waals surface area contributed by atoms with Crippen LogP contribution < -0.4 is 20.4 Å². The Labute approximate surface area is 201 Å². The normalized spacial score (nSPS) is 16.6. The van der Waals surface area contributed by atoms with Gasteiger partial charge in [0.15, 0.2) is 17.3 Å². The molecule has 0 spiro atoms. The van der Waals surface area contributed by atoms with Crippen LogP contribution in [0.4, 0.5) is 33.3 Å². The number of nitrogens with zero attached hydrogens (tertiary/aromatic N) is 3. The molecule has 0 aliphatic carbocycles. The zero-order valence-corrected chi connectivity index (χ0v) is 18.8. The Morgan fingerprint density at radius 2 is 1.78 bits per heavy atom. The van der Waals surface area contributed by atoms with Crippen molar-refractivity contribution in [2.24, 2.45) is 0 Å². The molecule has 12 heteroatoms. The summed E-state index contributed by atoms with van der Waals surface area (Å²) in [5.41, 5.74) is -0.447. The average Bonchev–Trinajstić information content (AvgIpc) is 3.06. The van der Waals surface area contributed by atoms with Crippen molar-refractivity contribution in [3.8, 4) is 11.4 Å². The zero-order valence-electron chi connectivity index (χ0n) is 18.8. The molecule has 0 atom stereocenters. The first-order valence-electron chi connectivity index (χ1n) is 10.6. The van der Waals surface area contributed by atoms with E-state index in [1.807, 2.05) is 0 Å². The maximum absolute atomic E-state index is 15.1. The first-order valence-corrected chi connectivity index (χ1v) is 10.6. The molecular weight excluding hydrogens is 485 g/mol. The van der Waals surface area contributed by atoms with Crippen LogP contribution in [0.5, 0.6) is 5.75 Å². The Kier molecular flexibility index (Phi) is 6.53. The maximum atomic E-state index is 15.1. The second-order valence-corrected chi connectivity index (χ2v) is 7.96. The van der Waals surface area contributed by atoms with Crippen molar-refractivity contribution in [2.45, 2.75) is 11.8 Å². The Morgan fingerprint density at radius 3 is 2.36 bits per heavy atom. The molecule has 4 rings (SSSR count). The second-order valence-electron chi connectivity index (χ2n) is 7.96. The number of hydrogen-bond acceptors (Lipinski definition) is 6.